The summed E-state index contributed by atoms with van der Waals surface area (Å²) >= 11 is 0. The van der Waals surface area contributed by atoms with Crippen LogP contribution in [0.4, 0.5) is 4.79 Å². The van der Waals surface area contributed by atoms with E-state index in [0.29, 0.717) is 26.3 Å². The Kier molecular flexibility index (Phi) is 4.81. The SMILES string of the molecule is O=C(N[C@@H]1CCC[C@H]1Oc1ccccc1)N1CCC2(CC1)OCCO2. The van der Waals surface area contributed by atoms with Crippen LogP contribution in [0.25, 0.3) is 0 Å². The normalized spacial score (nSPS) is 28.2. The Hall–Kier alpha value is -1.79. The van der Waals surface area contributed by atoms with Gasteiger partial charge < -0.3 is 24.4 Å². The van der Waals surface area contributed by atoms with E-state index in [1.54, 1.807) is 0 Å². The molecular formula is C19H26N2O4. The van der Waals surface area contributed by atoms with E-state index >= 15 is 0 Å². The number of likely N-dealkylation sites (tertiary alicyclic amines) is 1. The predicted molar refractivity (Wildman–Crippen MR) is 92.5 cm³/mol. The molecule has 0 bridgehead atoms. The molecule has 2 atom stereocenters. The van der Waals surface area contributed by atoms with Gasteiger partial charge in [-0.3, -0.25) is 0 Å². The first kappa shape index (κ1) is 16.7. The van der Waals surface area contributed by atoms with Crippen molar-refractivity contribution in [3.63, 3.8) is 0 Å². The quantitative estimate of drug-likeness (QED) is 0.914. The van der Waals surface area contributed by atoms with E-state index in [1.807, 2.05) is 35.2 Å². The van der Waals surface area contributed by atoms with Crippen molar-refractivity contribution in [2.45, 2.75) is 50.0 Å². The van der Waals surface area contributed by atoms with Crippen molar-refractivity contribution in [3.05, 3.63) is 30.3 Å². The molecule has 2 aliphatic heterocycles. The van der Waals surface area contributed by atoms with Crippen LogP contribution in [0.2, 0.25) is 0 Å². The van der Waals surface area contributed by atoms with Crippen LogP contribution >= 0.6 is 0 Å². The summed E-state index contributed by atoms with van der Waals surface area (Å²) in [5.41, 5.74) is 0. The van der Waals surface area contributed by atoms with E-state index < -0.39 is 5.79 Å². The van der Waals surface area contributed by atoms with Gasteiger partial charge in [0, 0.05) is 25.9 Å². The molecule has 6 heteroatoms. The Morgan fingerprint density at radius 3 is 2.56 bits per heavy atom. The van der Waals surface area contributed by atoms with Crippen LogP contribution < -0.4 is 10.1 Å². The average molecular weight is 346 g/mol. The fraction of sp³-hybridized carbons (Fsp3) is 0.632. The molecular weight excluding hydrogens is 320 g/mol. The Morgan fingerprint density at radius 1 is 1.12 bits per heavy atom. The number of piperidine rings is 1. The molecule has 2 amide bonds. The summed E-state index contributed by atoms with van der Waals surface area (Å²) in [6, 6.07) is 9.90. The molecule has 6 nitrogen and oxygen atoms in total. The van der Waals surface area contributed by atoms with Gasteiger partial charge in [0.2, 0.25) is 0 Å². The van der Waals surface area contributed by atoms with Crippen LogP contribution in [0.3, 0.4) is 0 Å². The van der Waals surface area contributed by atoms with Gasteiger partial charge in [0.25, 0.3) is 0 Å². The first-order valence-electron chi connectivity index (χ1n) is 9.29. The molecule has 1 N–H and O–H groups in total. The van der Waals surface area contributed by atoms with Gasteiger partial charge in [-0.15, -0.1) is 0 Å². The number of para-hydroxylation sites is 1. The van der Waals surface area contributed by atoms with Crippen LogP contribution in [-0.4, -0.2) is 55.2 Å². The van der Waals surface area contributed by atoms with E-state index in [2.05, 4.69) is 5.32 Å². The van der Waals surface area contributed by atoms with Crippen LogP contribution in [-0.2, 0) is 9.47 Å². The first-order valence-corrected chi connectivity index (χ1v) is 9.29. The lowest BCUT2D eigenvalue weighted by molar-refractivity contribution is -0.181. The Bertz CT molecular complexity index is 578. The van der Waals surface area contributed by atoms with Gasteiger partial charge >= 0.3 is 6.03 Å². The molecule has 0 aromatic heterocycles. The number of carbonyl (C=O) groups is 1. The number of carbonyl (C=O) groups excluding carboxylic acids is 1. The van der Waals surface area contributed by atoms with Gasteiger partial charge in [-0.2, -0.15) is 0 Å². The van der Waals surface area contributed by atoms with Crippen molar-refractivity contribution < 1.29 is 19.0 Å². The third kappa shape index (κ3) is 3.75. The lowest BCUT2D eigenvalue weighted by Gasteiger charge is -2.38. The van der Waals surface area contributed by atoms with Crippen LogP contribution in [0.5, 0.6) is 5.75 Å². The van der Waals surface area contributed by atoms with Gasteiger partial charge in [-0.25, -0.2) is 4.79 Å². The van der Waals surface area contributed by atoms with E-state index in [1.165, 1.54) is 0 Å². The first-order chi connectivity index (χ1) is 12.2. The number of amides is 2. The fourth-order valence-electron chi connectivity index (χ4n) is 3.99. The second-order valence-corrected chi connectivity index (χ2v) is 7.05. The zero-order chi connectivity index (χ0) is 17.1. The van der Waals surface area contributed by atoms with E-state index in [-0.39, 0.29) is 18.2 Å². The minimum atomic E-state index is -0.441. The topological polar surface area (TPSA) is 60.0 Å². The van der Waals surface area contributed by atoms with Crippen molar-refractivity contribution in [2.24, 2.45) is 0 Å². The molecule has 1 saturated carbocycles. The monoisotopic (exact) mass is 346 g/mol. The summed E-state index contributed by atoms with van der Waals surface area (Å²) in [4.78, 5) is 14.5. The van der Waals surface area contributed by atoms with Crippen molar-refractivity contribution in [1.82, 2.24) is 10.2 Å². The van der Waals surface area contributed by atoms with E-state index in [9.17, 15) is 4.79 Å². The number of hydrogen-bond acceptors (Lipinski definition) is 4. The Morgan fingerprint density at radius 2 is 1.84 bits per heavy atom. The lowest BCUT2D eigenvalue weighted by atomic mass is 10.0. The molecule has 2 heterocycles. The Labute approximate surface area is 148 Å². The molecule has 2 saturated heterocycles. The largest absolute Gasteiger partial charge is 0.488 e. The molecule has 1 aromatic carbocycles. The summed E-state index contributed by atoms with van der Waals surface area (Å²) in [5.74, 6) is 0.424. The third-order valence-electron chi connectivity index (χ3n) is 5.42. The minimum absolute atomic E-state index is 0.00130. The molecule has 25 heavy (non-hydrogen) atoms. The Balaban J connectivity index is 1.29. The van der Waals surface area contributed by atoms with Crippen LogP contribution in [0, 0.1) is 0 Å². The summed E-state index contributed by atoms with van der Waals surface area (Å²) < 4.78 is 17.5. The molecule has 3 aliphatic rings. The number of rotatable bonds is 3. The lowest BCUT2D eigenvalue weighted by Crippen LogP contribution is -2.53. The van der Waals surface area contributed by atoms with Gasteiger partial charge in [0.1, 0.15) is 11.9 Å². The fourth-order valence-corrected chi connectivity index (χ4v) is 3.99. The van der Waals surface area contributed by atoms with Gasteiger partial charge in [-0.05, 0) is 31.4 Å². The molecule has 4 rings (SSSR count). The highest BCUT2D eigenvalue weighted by Crippen LogP contribution is 2.31. The molecule has 136 valence electrons. The second-order valence-electron chi connectivity index (χ2n) is 7.05. The second kappa shape index (κ2) is 7.22. The maximum atomic E-state index is 12.6. The van der Waals surface area contributed by atoms with Crippen LogP contribution in [0.15, 0.2) is 30.3 Å². The van der Waals surface area contributed by atoms with Crippen molar-refractivity contribution in [2.75, 3.05) is 26.3 Å². The molecule has 1 aliphatic carbocycles. The molecule has 1 aromatic rings. The average Bonchev–Trinajstić information content (AvgIpc) is 3.27. The minimum Gasteiger partial charge on any atom is -0.488 e. The summed E-state index contributed by atoms with van der Waals surface area (Å²) in [6.07, 6.45) is 4.55. The van der Waals surface area contributed by atoms with E-state index in [0.717, 1.165) is 37.9 Å². The maximum absolute atomic E-state index is 12.6. The van der Waals surface area contributed by atoms with Gasteiger partial charge in [-0.1, -0.05) is 18.2 Å². The molecule has 1 spiro atoms. The van der Waals surface area contributed by atoms with Crippen molar-refractivity contribution in [3.8, 4) is 5.75 Å². The highest BCUT2D eigenvalue weighted by molar-refractivity contribution is 5.74. The zero-order valence-corrected chi connectivity index (χ0v) is 14.5. The number of benzene rings is 1. The maximum Gasteiger partial charge on any atom is 0.317 e. The number of hydrogen-bond donors (Lipinski definition) is 1. The van der Waals surface area contributed by atoms with Gasteiger partial charge in [0.05, 0.1) is 19.3 Å². The van der Waals surface area contributed by atoms with Crippen LogP contribution in [0.1, 0.15) is 32.1 Å². The highest BCUT2D eigenvalue weighted by Gasteiger charge is 2.41. The zero-order valence-electron chi connectivity index (χ0n) is 14.5. The third-order valence-corrected chi connectivity index (χ3v) is 5.42. The molecule has 3 fully saturated rings. The van der Waals surface area contributed by atoms with Gasteiger partial charge in [0.15, 0.2) is 5.79 Å². The smallest absolute Gasteiger partial charge is 0.317 e. The van der Waals surface area contributed by atoms with E-state index in [4.69, 9.17) is 14.2 Å². The summed E-state index contributed by atoms with van der Waals surface area (Å²) in [6.45, 7) is 2.66. The summed E-state index contributed by atoms with van der Waals surface area (Å²) in [7, 11) is 0. The standard InChI is InChI=1S/C19H26N2O4/c22-18(21-11-9-19(10-12-21)23-13-14-24-19)20-16-7-4-8-17(16)25-15-5-2-1-3-6-15/h1-3,5-6,16-17H,4,7-14H2,(H,20,22)/t16-,17-/m1/s1. The number of urea groups is 1. The number of nitrogens with zero attached hydrogens (tertiary/aromatic N) is 1. The molecule has 0 unspecified atom stereocenters. The number of nitrogens with one attached hydrogen (secondary N) is 1. The number of ether oxygens (including phenoxy) is 3. The van der Waals surface area contributed by atoms with Crippen molar-refractivity contribution in [1.29, 1.82) is 0 Å². The van der Waals surface area contributed by atoms with Crippen molar-refractivity contribution >= 4 is 6.03 Å². The highest BCUT2D eigenvalue weighted by atomic mass is 16.7. The molecule has 0 radical (unpaired) electrons. The predicted octanol–water partition coefficient (Wildman–Crippen LogP) is 2.54. The summed E-state index contributed by atoms with van der Waals surface area (Å²) in [5, 5.41) is 3.18.